The van der Waals surface area contributed by atoms with Crippen LogP contribution in [0.2, 0.25) is 0 Å². The number of benzene rings is 2. The first-order valence-electron chi connectivity index (χ1n) is 11.1. The molecule has 1 aliphatic heterocycles. The number of carbonyl (C=O) groups excluding carboxylic acids is 2. The number of Topliss-reactive ketones (excluding diaryl/α,β-unsaturated/α-hetero) is 1. The second kappa shape index (κ2) is 8.78. The van der Waals surface area contributed by atoms with Gasteiger partial charge < -0.3 is 9.84 Å². The Bertz CT molecular complexity index is 1290. The highest BCUT2D eigenvalue weighted by molar-refractivity contribution is 6.51. The zero-order valence-electron chi connectivity index (χ0n) is 20.0. The van der Waals surface area contributed by atoms with E-state index < -0.39 is 17.7 Å². The number of para-hydroxylation sites is 1. The molecule has 0 aliphatic carbocycles. The summed E-state index contributed by atoms with van der Waals surface area (Å²) in [6.07, 6.45) is 3.24. The lowest BCUT2D eigenvalue weighted by molar-refractivity contribution is -0.132. The van der Waals surface area contributed by atoms with Crippen molar-refractivity contribution >= 4 is 23.1 Å². The third kappa shape index (κ3) is 3.96. The predicted molar refractivity (Wildman–Crippen MR) is 132 cm³/mol. The summed E-state index contributed by atoms with van der Waals surface area (Å²) in [7, 11) is 1.60. The van der Waals surface area contributed by atoms with E-state index in [2.05, 4.69) is 4.98 Å². The van der Waals surface area contributed by atoms with Crippen molar-refractivity contribution in [1.82, 2.24) is 4.98 Å². The smallest absolute Gasteiger partial charge is 0.300 e. The predicted octanol–water partition coefficient (Wildman–Crippen LogP) is 5.32. The number of methoxy groups -OCH3 is 1. The third-order valence-corrected chi connectivity index (χ3v) is 6.10. The molecule has 0 bridgehead atoms. The standard InChI is InChI=1S/C28H28N2O4/c1-17-9-6-7-11-21(17)30-24(19-10-8-14-29-16-19)23(26(32)27(30)33)25(31)18-12-13-22(34-5)20(15-18)28(2,3)4/h6-16,24,31H,1-5H3/b25-23-. The minimum absolute atomic E-state index is 0.0336. The molecule has 6 nitrogen and oxygen atoms in total. The van der Waals surface area contributed by atoms with E-state index in [1.54, 1.807) is 49.8 Å². The number of nitrogens with zero attached hydrogens (tertiary/aromatic N) is 2. The summed E-state index contributed by atoms with van der Waals surface area (Å²) in [6, 6.07) is 15.4. The van der Waals surface area contributed by atoms with Gasteiger partial charge >= 0.3 is 0 Å². The first-order chi connectivity index (χ1) is 16.1. The van der Waals surface area contributed by atoms with Crippen molar-refractivity contribution < 1.29 is 19.4 Å². The Balaban J connectivity index is 1.97. The molecule has 1 atom stereocenters. The van der Waals surface area contributed by atoms with Gasteiger partial charge in [0.2, 0.25) is 0 Å². The first-order valence-corrected chi connectivity index (χ1v) is 11.1. The SMILES string of the molecule is COc1ccc(/C(O)=C2/C(=O)C(=O)N(c3ccccc3C)C2c2cccnc2)cc1C(C)(C)C. The number of aliphatic hydroxyl groups is 1. The molecule has 4 rings (SSSR count). The molecule has 1 unspecified atom stereocenters. The molecule has 0 saturated carbocycles. The maximum absolute atomic E-state index is 13.3. The van der Waals surface area contributed by atoms with Crippen molar-refractivity contribution in [3.8, 4) is 5.75 Å². The number of aryl methyl sites for hydroxylation is 1. The van der Waals surface area contributed by atoms with Gasteiger partial charge in [0.05, 0.1) is 18.7 Å². The molecule has 1 fully saturated rings. The molecular weight excluding hydrogens is 428 g/mol. The quantitative estimate of drug-likeness (QED) is 0.326. The van der Waals surface area contributed by atoms with Gasteiger partial charge in [0, 0.05) is 29.2 Å². The minimum atomic E-state index is -0.810. The summed E-state index contributed by atoms with van der Waals surface area (Å²) in [5.74, 6) is -0.957. The normalized spacial score (nSPS) is 17.8. The van der Waals surface area contributed by atoms with Crippen LogP contribution < -0.4 is 9.64 Å². The Labute approximate surface area is 199 Å². The number of hydrogen-bond donors (Lipinski definition) is 1. The Morgan fingerprint density at radius 2 is 1.79 bits per heavy atom. The third-order valence-electron chi connectivity index (χ3n) is 6.10. The average Bonchev–Trinajstić information content (AvgIpc) is 3.09. The van der Waals surface area contributed by atoms with Gasteiger partial charge in [-0.3, -0.25) is 19.5 Å². The molecule has 2 aromatic carbocycles. The largest absolute Gasteiger partial charge is 0.507 e. The van der Waals surface area contributed by atoms with E-state index in [1.165, 1.54) is 4.90 Å². The molecule has 1 aromatic heterocycles. The van der Waals surface area contributed by atoms with E-state index in [4.69, 9.17) is 4.74 Å². The van der Waals surface area contributed by atoms with Crippen molar-refractivity contribution in [2.75, 3.05) is 12.0 Å². The lowest BCUT2D eigenvalue weighted by Crippen LogP contribution is -2.30. The van der Waals surface area contributed by atoms with E-state index in [0.29, 0.717) is 22.6 Å². The zero-order chi connectivity index (χ0) is 24.6. The molecular formula is C28H28N2O4. The molecule has 34 heavy (non-hydrogen) atoms. The number of rotatable bonds is 4. The molecule has 1 saturated heterocycles. The van der Waals surface area contributed by atoms with Gasteiger partial charge in [-0.2, -0.15) is 0 Å². The van der Waals surface area contributed by atoms with E-state index in [1.807, 2.05) is 52.0 Å². The summed E-state index contributed by atoms with van der Waals surface area (Å²) in [5, 5.41) is 11.4. The molecule has 2 heterocycles. The molecule has 1 amide bonds. The van der Waals surface area contributed by atoms with Crippen LogP contribution in [0.3, 0.4) is 0 Å². The van der Waals surface area contributed by atoms with Crippen LogP contribution in [0.4, 0.5) is 5.69 Å². The van der Waals surface area contributed by atoms with Crippen LogP contribution in [-0.4, -0.2) is 28.9 Å². The van der Waals surface area contributed by atoms with Crippen molar-refractivity contribution in [3.63, 3.8) is 0 Å². The van der Waals surface area contributed by atoms with Crippen LogP contribution in [0.25, 0.3) is 5.76 Å². The number of pyridine rings is 1. The van der Waals surface area contributed by atoms with Crippen molar-refractivity contribution in [2.45, 2.75) is 39.2 Å². The second-order valence-corrected chi connectivity index (χ2v) is 9.41. The van der Waals surface area contributed by atoms with Crippen LogP contribution in [0, 0.1) is 6.92 Å². The van der Waals surface area contributed by atoms with Gasteiger partial charge in [-0.05, 0) is 53.8 Å². The summed E-state index contributed by atoms with van der Waals surface area (Å²) in [4.78, 5) is 32.3. The second-order valence-electron chi connectivity index (χ2n) is 9.41. The number of ether oxygens (including phenoxy) is 1. The number of amides is 1. The number of ketones is 1. The summed E-state index contributed by atoms with van der Waals surface area (Å²) in [5.41, 5.74) is 3.19. The Morgan fingerprint density at radius 1 is 1.06 bits per heavy atom. The van der Waals surface area contributed by atoms with Crippen molar-refractivity contribution in [2.24, 2.45) is 0 Å². The Morgan fingerprint density at radius 3 is 2.41 bits per heavy atom. The van der Waals surface area contributed by atoms with Crippen LogP contribution in [0.15, 0.2) is 72.6 Å². The van der Waals surface area contributed by atoms with E-state index in [9.17, 15) is 14.7 Å². The highest BCUT2D eigenvalue weighted by Crippen LogP contribution is 2.43. The van der Waals surface area contributed by atoms with Gasteiger partial charge in [-0.1, -0.05) is 45.0 Å². The molecule has 174 valence electrons. The zero-order valence-corrected chi connectivity index (χ0v) is 20.0. The lowest BCUT2D eigenvalue weighted by atomic mass is 9.84. The minimum Gasteiger partial charge on any atom is -0.507 e. The lowest BCUT2D eigenvalue weighted by Gasteiger charge is -2.26. The number of aliphatic hydroxyl groups excluding tert-OH is 1. The fraction of sp³-hybridized carbons (Fsp3) is 0.250. The molecule has 0 radical (unpaired) electrons. The van der Waals surface area contributed by atoms with Crippen LogP contribution in [-0.2, 0) is 15.0 Å². The summed E-state index contributed by atoms with van der Waals surface area (Å²) in [6.45, 7) is 8.01. The number of aromatic nitrogens is 1. The van der Waals surface area contributed by atoms with E-state index in [-0.39, 0.29) is 16.7 Å². The summed E-state index contributed by atoms with van der Waals surface area (Å²) < 4.78 is 5.51. The van der Waals surface area contributed by atoms with Crippen LogP contribution in [0.1, 0.15) is 49.1 Å². The molecule has 6 heteroatoms. The fourth-order valence-electron chi connectivity index (χ4n) is 4.36. The highest BCUT2D eigenvalue weighted by atomic mass is 16.5. The number of carbonyl (C=O) groups is 2. The van der Waals surface area contributed by atoms with Gasteiger partial charge in [0.25, 0.3) is 11.7 Å². The molecule has 0 spiro atoms. The van der Waals surface area contributed by atoms with Gasteiger partial charge in [-0.15, -0.1) is 0 Å². The number of anilines is 1. The maximum atomic E-state index is 13.3. The van der Waals surface area contributed by atoms with Crippen molar-refractivity contribution in [3.05, 3.63) is 94.8 Å². The van der Waals surface area contributed by atoms with Crippen molar-refractivity contribution in [1.29, 1.82) is 0 Å². The van der Waals surface area contributed by atoms with Gasteiger partial charge in [-0.25, -0.2) is 0 Å². The Kier molecular flexibility index (Phi) is 6.00. The average molecular weight is 457 g/mol. The van der Waals surface area contributed by atoms with Crippen LogP contribution in [0.5, 0.6) is 5.75 Å². The summed E-state index contributed by atoms with van der Waals surface area (Å²) >= 11 is 0. The monoisotopic (exact) mass is 456 g/mol. The van der Waals surface area contributed by atoms with E-state index >= 15 is 0 Å². The molecule has 3 aromatic rings. The maximum Gasteiger partial charge on any atom is 0.300 e. The first kappa shape index (κ1) is 23.2. The Hall–Kier alpha value is -3.93. The van der Waals surface area contributed by atoms with E-state index in [0.717, 1.165) is 11.1 Å². The van der Waals surface area contributed by atoms with Crippen LogP contribution >= 0.6 is 0 Å². The number of hydrogen-bond acceptors (Lipinski definition) is 5. The molecule has 1 aliphatic rings. The highest BCUT2D eigenvalue weighted by Gasteiger charge is 2.47. The van der Waals surface area contributed by atoms with Gasteiger partial charge in [0.15, 0.2) is 0 Å². The molecule has 1 N–H and O–H groups in total. The fourth-order valence-corrected chi connectivity index (χ4v) is 4.36. The topological polar surface area (TPSA) is 79.7 Å². The van der Waals surface area contributed by atoms with Gasteiger partial charge in [0.1, 0.15) is 11.5 Å².